The molecule has 1 saturated heterocycles. The molecule has 4 rings (SSSR count). The van der Waals surface area contributed by atoms with Crippen LogP contribution in [0.2, 0.25) is 0 Å². The van der Waals surface area contributed by atoms with Gasteiger partial charge in [-0.25, -0.2) is 4.98 Å². The van der Waals surface area contributed by atoms with E-state index in [1.807, 2.05) is 6.07 Å². The number of nitrogens with zero attached hydrogens (tertiary/aromatic N) is 4. The van der Waals surface area contributed by atoms with Crippen LogP contribution in [0.5, 0.6) is 0 Å². The third-order valence-corrected chi connectivity index (χ3v) is 7.34. The van der Waals surface area contributed by atoms with Crippen molar-refractivity contribution in [1.82, 2.24) is 19.4 Å². The first-order chi connectivity index (χ1) is 15.0. The fourth-order valence-corrected chi connectivity index (χ4v) is 5.61. The lowest BCUT2D eigenvalue weighted by Gasteiger charge is -2.37. The van der Waals surface area contributed by atoms with Crippen molar-refractivity contribution in [3.63, 3.8) is 0 Å². The highest BCUT2D eigenvalue weighted by Crippen LogP contribution is 2.36. The Labute approximate surface area is 187 Å². The predicted molar refractivity (Wildman–Crippen MR) is 128 cm³/mol. The van der Waals surface area contributed by atoms with E-state index in [-0.39, 0.29) is 5.91 Å². The highest BCUT2D eigenvalue weighted by Gasteiger charge is 2.28. The van der Waals surface area contributed by atoms with Crippen molar-refractivity contribution in [2.45, 2.75) is 84.7 Å². The van der Waals surface area contributed by atoms with Crippen molar-refractivity contribution >= 4 is 16.9 Å². The Balaban J connectivity index is 1.61. The smallest absolute Gasteiger partial charge is 0.254 e. The van der Waals surface area contributed by atoms with Crippen molar-refractivity contribution in [2.24, 2.45) is 5.92 Å². The summed E-state index contributed by atoms with van der Waals surface area (Å²) in [5.74, 6) is 2.55. The number of piperidine rings is 1. The van der Waals surface area contributed by atoms with Gasteiger partial charge in [-0.05, 0) is 63.3 Å². The number of benzene rings is 1. The highest BCUT2D eigenvalue weighted by molar-refractivity contribution is 5.97. The van der Waals surface area contributed by atoms with E-state index in [2.05, 4.69) is 54.2 Å². The Hall–Kier alpha value is -1.88. The average Bonchev–Trinajstić information content (AvgIpc) is 3.42. The number of hydrogen-bond acceptors (Lipinski definition) is 3. The zero-order chi connectivity index (χ0) is 22.0. The molecule has 0 unspecified atom stereocenters. The van der Waals surface area contributed by atoms with Gasteiger partial charge in [-0.1, -0.05) is 33.6 Å². The van der Waals surface area contributed by atoms with Crippen LogP contribution in [-0.4, -0.2) is 57.5 Å². The van der Waals surface area contributed by atoms with Gasteiger partial charge in [-0.2, -0.15) is 0 Å². The van der Waals surface area contributed by atoms with Gasteiger partial charge in [0.25, 0.3) is 5.91 Å². The minimum Gasteiger partial charge on any atom is -0.336 e. The van der Waals surface area contributed by atoms with Gasteiger partial charge in [0.1, 0.15) is 5.82 Å². The summed E-state index contributed by atoms with van der Waals surface area (Å²) in [4.78, 5) is 23.1. The molecule has 1 aromatic heterocycles. The number of carbonyl (C=O) groups excluding carboxylic acids is 1. The molecule has 0 spiro atoms. The lowest BCUT2D eigenvalue weighted by atomic mass is 10.0. The summed E-state index contributed by atoms with van der Waals surface area (Å²) in [6, 6.07) is 6.58. The molecule has 1 aromatic carbocycles. The van der Waals surface area contributed by atoms with E-state index >= 15 is 0 Å². The molecule has 1 aliphatic carbocycles. The summed E-state index contributed by atoms with van der Waals surface area (Å²) in [5.41, 5.74) is 2.97. The van der Waals surface area contributed by atoms with Crippen LogP contribution in [-0.2, 0) is 6.54 Å². The molecule has 2 heterocycles. The van der Waals surface area contributed by atoms with Gasteiger partial charge in [-0.3, -0.25) is 4.79 Å². The van der Waals surface area contributed by atoms with Crippen molar-refractivity contribution in [2.75, 3.05) is 26.2 Å². The molecule has 1 aliphatic heterocycles. The van der Waals surface area contributed by atoms with Crippen molar-refractivity contribution in [3.8, 4) is 0 Å². The molecule has 2 aromatic rings. The number of aromatic nitrogens is 2. The van der Waals surface area contributed by atoms with E-state index in [0.717, 1.165) is 56.6 Å². The second-order valence-electron chi connectivity index (χ2n) is 9.92. The van der Waals surface area contributed by atoms with Crippen LogP contribution in [0.3, 0.4) is 0 Å². The third-order valence-electron chi connectivity index (χ3n) is 7.34. The monoisotopic (exact) mass is 424 g/mol. The van der Waals surface area contributed by atoms with Gasteiger partial charge >= 0.3 is 0 Å². The van der Waals surface area contributed by atoms with Crippen LogP contribution in [0.4, 0.5) is 0 Å². The molecule has 1 saturated carbocycles. The number of rotatable bonds is 7. The molecule has 1 amide bonds. The van der Waals surface area contributed by atoms with Crippen molar-refractivity contribution < 1.29 is 4.79 Å². The average molecular weight is 425 g/mol. The minimum atomic E-state index is 0.167. The van der Waals surface area contributed by atoms with Gasteiger partial charge in [0.15, 0.2) is 0 Å². The number of amides is 1. The van der Waals surface area contributed by atoms with Crippen LogP contribution in [0.25, 0.3) is 11.0 Å². The summed E-state index contributed by atoms with van der Waals surface area (Å²) in [6.45, 7) is 13.9. The SMILES string of the molecule is CCN1CCC(N(CC)C(=O)c2ccc3c(c2)nc(C2CCCC2)n3CC(C)C)CC1. The molecule has 0 bridgehead atoms. The van der Waals surface area contributed by atoms with Gasteiger partial charge in [0, 0.05) is 43.7 Å². The second-order valence-corrected chi connectivity index (χ2v) is 9.92. The van der Waals surface area contributed by atoms with Crippen molar-refractivity contribution in [3.05, 3.63) is 29.6 Å². The van der Waals surface area contributed by atoms with E-state index in [1.165, 1.54) is 37.0 Å². The fourth-order valence-electron chi connectivity index (χ4n) is 5.61. The van der Waals surface area contributed by atoms with Crippen LogP contribution < -0.4 is 0 Å². The number of imidazole rings is 1. The van der Waals surface area contributed by atoms with Gasteiger partial charge in [0.2, 0.25) is 0 Å². The maximum absolute atomic E-state index is 13.5. The van der Waals surface area contributed by atoms with Gasteiger partial charge < -0.3 is 14.4 Å². The largest absolute Gasteiger partial charge is 0.336 e. The first-order valence-electron chi connectivity index (χ1n) is 12.5. The Morgan fingerprint density at radius 3 is 2.45 bits per heavy atom. The van der Waals surface area contributed by atoms with E-state index in [4.69, 9.17) is 4.98 Å². The summed E-state index contributed by atoms with van der Waals surface area (Å²) < 4.78 is 2.43. The summed E-state index contributed by atoms with van der Waals surface area (Å²) in [5, 5.41) is 0. The van der Waals surface area contributed by atoms with Crippen LogP contribution in [0, 0.1) is 5.92 Å². The number of likely N-dealkylation sites (tertiary alicyclic amines) is 1. The number of hydrogen-bond donors (Lipinski definition) is 0. The van der Waals surface area contributed by atoms with E-state index in [9.17, 15) is 4.79 Å². The zero-order valence-corrected chi connectivity index (χ0v) is 19.9. The molecule has 0 atom stereocenters. The normalized spacial score (nSPS) is 19.0. The fraction of sp³-hybridized carbons (Fsp3) is 0.692. The Kier molecular flexibility index (Phi) is 7.00. The van der Waals surface area contributed by atoms with Crippen molar-refractivity contribution in [1.29, 1.82) is 0 Å². The maximum atomic E-state index is 13.5. The van der Waals surface area contributed by atoms with Crippen LogP contribution in [0.15, 0.2) is 18.2 Å². The van der Waals surface area contributed by atoms with E-state index < -0.39 is 0 Å². The molecule has 0 radical (unpaired) electrons. The summed E-state index contributed by atoms with van der Waals surface area (Å²) in [7, 11) is 0. The van der Waals surface area contributed by atoms with E-state index in [1.54, 1.807) is 0 Å². The molecule has 5 nitrogen and oxygen atoms in total. The van der Waals surface area contributed by atoms with Gasteiger partial charge in [0.05, 0.1) is 11.0 Å². The van der Waals surface area contributed by atoms with Gasteiger partial charge in [-0.15, -0.1) is 0 Å². The Morgan fingerprint density at radius 2 is 1.84 bits per heavy atom. The molecule has 2 aliphatic rings. The number of fused-ring (bicyclic) bond motifs is 1. The zero-order valence-electron chi connectivity index (χ0n) is 19.9. The molecule has 31 heavy (non-hydrogen) atoms. The minimum absolute atomic E-state index is 0.167. The van der Waals surface area contributed by atoms with Crippen LogP contribution >= 0.6 is 0 Å². The lowest BCUT2D eigenvalue weighted by Crippen LogP contribution is -2.47. The van der Waals surface area contributed by atoms with E-state index in [0.29, 0.717) is 17.9 Å². The second kappa shape index (κ2) is 9.72. The molecule has 0 N–H and O–H groups in total. The molecule has 5 heteroatoms. The summed E-state index contributed by atoms with van der Waals surface area (Å²) >= 11 is 0. The quantitative estimate of drug-likeness (QED) is 0.606. The highest BCUT2D eigenvalue weighted by atomic mass is 16.2. The van der Waals surface area contributed by atoms with Crippen LogP contribution in [0.1, 0.15) is 88.3 Å². The summed E-state index contributed by atoms with van der Waals surface area (Å²) in [6.07, 6.45) is 7.25. The Morgan fingerprint density at radius 1 is 1.13 bits per heavy atom. The number of carbonyl (C=O) groups is 1. The molecular weight excluding hydrogens is 384 g/mol. The molecular formula is C26H40N4O. The Bertz CT molecular complexity index is 888. The first-order valence-corrected chi connectivity index (χ1v) is 12.5. The predicted octanol–water partition coefficient (Wildman–Crippen LogP) is 5.30. The standard InChI is InChI=1S/C26H40N4O/c1-5-28-15-13-22(14-16-28)29(6-2)26(31)21-11-12-24-23(17-21)27-25(20-9-7-8-10-20)30(24)18-19(3)4/h11-12,17,19-20,22H,5-10,13-16,18H2,1-4H3. The topological polar surface area (TPSA) is 41.4 Å². The molecule has 2 fully saturated rings. The third kappa shape index (κ3) is 4.67. The first kappa shape index (κ1) is 22.3. The maximum Gasteiger partial charge on any atom is 0.254 e. The molecule has 170 valence electrons. The lowest BCUT2D eigenvalue weighted by molar-refractivity contribution is 0.0592.